The molecule has 2 aromatic heterocycles. The fourth-order valence-electron chi connectivity index (χ4n) is 3.60. The number of aliphatic hydroxyl groups is 1. The molecule has 0 aliphatic carbocycles. The average molecular weight is 459 g/mol. The highest BCUT2D eigenvalue weighted by Gasteiger charge is 2.32. The molecule has 0 spiro atoms. The first kappa shape index (κ1) is 21.7. The van der Waals surface area contributed by atoms with Gasteiger partial charge in [-0.15, -0.1) is 21.5 Å². The van der Waals surface area contributed by atoms with Crippen LogP contribution in [0.3, 0.4) is 0 Å². The monoisotopic (exact) mass is 458 g/mol. The van der Waals surface area contributed by atoms with E-state index in [0.29, 0.717) is 17.3 Å². The molecule has 1 aliphatic rings. The quantitative estimate of drug-likeness (QED) is 0.443. The number of aromatic nitrogens is 3. The van der Waals surface area contributed by atoms with Gasteiger partial charge in [0.15, 0.2) is 5.82 Å². The second-order valence-electron chi connectivity index (χ2n) is 7.41. The van der Waals surface area contributed by atoms with Gasteiger partial charge in [-0.25, -0.2) is 0 Å². The summed E-state index contributed by atoms with van der Waals surface area (Å²) in [6.45, 7) is 6.21. The zero-order chi connectivity index (χ0) is 22.1. The number of nitrogens with zero attached hydrogens (tertiary/aromatic N) is 4. The van der Waals surface area contributed by atoms with E-state index in [1.807, 2.05) is 35.8 Å². The summed E-state index contributed by atoms with van der Waals surface area (Å²) in [4.78, 5) is 18.7. The summed E-state index contributed by atoms with van der Waals surface area (Å²) >= 11 is 7.78. The molecule has 0 bridgehead atoms. The second kappa shape index (κ2) is 8.90. The number of hydrogen-bond donors (Lipinski definition) is 1. The Labute approximate surface area is 189 Å². The van der Waals surface area contributed by atoms with Crippen molar-refractivity contribution in [2.75, 3.05) is 13.2 Å². The molecule has 0 fully saturated rings. The molecule has 1 atom stereocenters. The van der Waals surface area contributed by atoms with E-state index in [4.69, 9.17) is 26.4 Å². The van der Waals surface area contributed by atoms with Gasteiger partial charge in [-0.05, 0) is 38.5 Å². The van der Waals surface area contributed by atoms with E-state index in [9.17, 15) is 4.79 Å². The first-order valence-corrected chi connectivity index (χ1v) is 11.2. The van der Waals surface area contributed by atoms with Crippen LogP contribution in [0.5, 0.6) is 0 Å². The Balaban J connectivity index is 1.85. The number of halogens is 1. The lowest BCUT2D eigenvalue weighted by Gasteiger charge is -2.12. The Hall–Kier alpha value is -2.55. The molecule has 7 nitrogen and oxygen atoms in total. The Morgan fingerprint density at radius 2 is 1.97 bits per heavy atom. The number of benzene rings is 1. The molecule has 3 aromatic rings. The maximum atomic E-state index is 12.5. The SMILES string of the molecule is Cc1sc2c(c1C)C(c1ccc(Cl)cc1)=NC(CC(=O)OCCCO)c1nnc(C)n1-2. The summed E-state index contributed by atoms with van der Waals surface area (Å²) in [5, 5.41) is 19.2. The van der Waals surface area contributed by atoms with Crippen LogP contribution in [0.15, 0.2) is 29.3 Å². The van der Waals surface area contributed by atoms with E-state index in [1.54, 1.807) is 11.3 Å². The van der Waals surface area contributed by atoms with E-state index in [-0.39, 0.29) is 25.6 Å². The van der Waals surface area contributed by atoms with E-state index in [1.165, 1.54) is 4.88 Å². The molecule has 4 rings (SSSR count). The molecule has 9 heteroatoms. The smallest absolute Gasteiger partial charge is 0.308 e. The molecule has 1 N–H and O–H groups in total. The predicted molar refractivity (Wildman–Crippen MR) is 121 cm³/mol. The topological polar surface area (TPSA) is 89.6 Å². The highest BCUT2D eigenvalue weighted by atomic mass is 35.5. The van der Waals surface area contributed by atoms with Crippen molar-refractivity contribution in [2.24, 2.45) is 4.99 Å². The lowest BCUT2D eigenvalue weighted by Crippen LogP contribution is -2.14. The number of aliphatic hydroxyl groups excluding tert-OH is 1. The molecule has 3 heterocycles. The molecule has 0 saturated heterocycles. The molecule has 1 aliphatic heterocycles. The van der Waals surface area contributed by atoms with Crippen LogP contribution in [0.4, 0.5) is 0 Å². The van der Waals surface area contributed by atoms with Gasteiger partial charge in [0.25, 0.3) is 0 Å². The van der Waals surface area contributed by atoms with Crippen molar-refractivity contribution < 1.29 is 14.6 Å². The number of rotatable bonds is 6. The van der Waals surface area contributed by atoms with Crippen molar-refractivity contribution in [2.45, 2.75) is 39.7 Å². The van der Waals surface area contributed by atoms with E-state index in [0.717, 1.165) is 33.2 Å². The lowest BCUT2D eigenvalue weighted by atomic mass is 9.99. The third kappa shape index (κ3) is 4.15. The van der Waals surface area contributed by atoms with Gasteiger partial charge >= 0.3 is 5.97 Å². The molecule has 162 valence electrons. The van der Waals surface area contributed by atoms with Crippen LogP contribution in [0.25, 0.3) is 5.00 Å². The lowest BCUT2D eigenvalue weighted by molar-refractivity contribution is -0.144. The second-order valence-corrected chi connectivity index (χ2v) is 9.05. The fourth-order valence-corrected chi connectivity index (χ4v) is 4.94. The molecular weight excluding hydrogens is 436 g/mol. The summed E-state index contributed by atoms with van der Waals surface area (Å²) in [5.74, 6) is 0.967. The van der Waals surface area contributed by atoms with Crippen LogP contribution in [0.2, 0.25) is 5.02 Å². The zero-order valence-corrected chi connectivity index (χ0v) is 19.1. The van der Waals surface area contributed by atoms with Gasteiger partial charge in [-0.1, -0.05) is 23.7 Å². The molecule has 1 aromatic carbocycles. The van der Waals surface area contributed by atoms with Crippen molar-refractivity contribution in [3.63, 3.8) is 0 Å². The van der Waals surface area contributed by atoms with Crippen molar-refractivity contribution in [3.05, 3.63) is 62.5 Å². The normalized spacial score (nSPS) is 15.1. The Bertz CT molecular complexity index is 1150. The zero-order valence-electron chi connectivity index (χ0n) is 17.6. The van der Waals surface area contributed by atoms with Gasteiger partial charge < -0.3 is 9.84 Å². The first-order valence-electron chi connectivity index (χ1n) is 10.0. The van der Waals surface area contributed by atoms with Gasteiger partial charge in [0.2, 0.25) is 0 Å². The summed E-state index contributed by atoms with van der Waals surface area (Å²) in [6.07, 6.45) is 0.439. The molecular formula is C22H23ClN4O3S. The van der Waals surface area contributed by atoms with Gasteiger partial charge in [0.05, 0.1) is 18.7 Å². The van der Waals surface area contributed by atoms with Crippen LogP contribution >= 0.6 is 22.9 Å². The predicted octanol–water partition coefficient (Wildman–Crippen LogP) is 4.12. The molecule has 1 unspecified atom stereocenters. The van der Waals surface area contributed by atoms with Crippen molar-refractivity contribution >= 4 is 34.6 Å². The number of hydrogen-bond acceptors (Lipinski definition) is 7. The van der Waals surface area contributed by atoms with Crippen LogP contribution < -0.4 is 0 Å². The standard InChI is InChI=1S/C22H23ClN4O3S/c1-12-13(2)31-22-19(12)20(15-5-7-16(23)8-6-15)24-17(11-18(29)30-10-4-9-28)21-26-25-14(3)27(21)22/h5-8,17,28H,4,9-11H2,1-3H3. The minimum absolute atomic E-state index is 0.0259. The fraction of sp³-hybridized carbons (Fsp3) is 0.364. The third-order valence-electron chi connectivity index (χ3n) is 5.28. The minimum Gasteiger partial charge on any atom is -0.466 e. The number of ether oxygens (including phenoxy) is 1. The average Bonchev–Trinajstić information content (AvgIpc) is 3.21. The van der Waals surface area contributed by atoms with Crippen molar-refractivity contribution in [1.82, 2.24) is 14.8 Å². The van der Waals surface area contributed by atoms with E-state index in [2.05, 4.69) is 24.0 Å². The molecule has 0 saturated carbocycles. The van der Waals surface area contributed by atoms with Crippen LogP contribution in [-0.2, 0) is 9.53 Å². The molecule has 0 amide bonds. The van der Waals surface area contributed by atoms with Crippen molar-refractivity contribution in [3.8, 4) is 5.00 Å². The van der Waals surface area contributed by atoms with E-state index >= 15 is 0 Å². The number of aryl methyl sites for hydroxylation is 2. The van der Waals surface area contributed by atoms with Crippen LogP contribution in [0.1, 0.15) is 52.1 Å². The number of carbonyl (C=O) groups excluding carboxylic acids is 1. The summed E-state index contributed by atoms with van der Waals surface area (Å²) in [6, 6.07) is 7.00. The van der Waals surface area contributed by atoms with Gasteiger partial charge in [0.1, 0.15) is 16.9 Å². The number of thiophene rings is 1. The summed E-state index contributed by atoms with van der Waals surface area (Å²) in [5.41, 5.74) is 3.87. The van der Waals surface area contributed by atoms with Crippen LogP contribution in [-0.4, -0.2) is 44.8 Å². The van der Waals surface area contributed by atoms with Gasteiger partial charge in [-0.3, -0.25) is 14.4 Å². The third-order valence-corrected chi connectivity index (χ3v) is 6.73. The number of carbonyl (C=O) groups is 1. The molecule has 31 heavy (non-hydrogen) atoms. The van der Waals surface area contributed by atoms with Gasteiger partial charge in [-0.2, -0.15) is 0 Å². The van der Waals surface area contributed by atoms with Gasteiger partial charge in [0, 0.05) is 34.1 Å². The summed E-state index contributed by atoms with van der Waals surface area (Å²) < 4.78 is 7.26. The Kier molecular flexibility index (Phi) is 6.22. The largest absolute Gasteiger partial charge is 0.466 e. The number of fused-ring (bicyclic) bond motifs is 3. The summed E-state index contributed by atoms with van der Waals surface area (Å²) in [7, 11) is 0. The first-order chi connectivity index (χ1) is 14.9. The number of esters is 1. The van der Waals surface area contributed by atoms with Crippen LogP contribution in [0, 0.1) is 20.8 Å². The van der Waals surface area contributed by atoms with Crippen molar-refractivity contribution in [1.29, 1.82) is 0 Å². The maximum Gasteiger partial charge on any atom is 0.308 e. The maximum absolute atomic E-state index is 12.5. The van der Waals surface area contributed by atoms with E-state index < -0.39 is 6.04 Å². The highest BCUT2D eigenvalue weighted by Crippen LogP contribution is 2.39. The Morgan fingerprint density at radius 3 is 2.68 bits per heavy atom. The molecule has 0 radical (unpaired) electrons. The number of aliphatic imine (C=N–C) groups is 1. The Morgan fingerprint density at radius 1 is 1.23 bits per heavy atom. The minimum atomic E-state index is -0.548. The highest BCUT2D eigenvalue weighted by molar-refractivity contribution is 7.15.